The Bertz CT molecular complexity index is 765. The molecule has 1 aliphatic carbocycles. The second-order valence-electron chi connectivity index (χ2n) is 6.20. The second kappa shape index (κ2) is 6.04. The lowest BCUT2D eigenvalue weighted by Gasteiger charge is -2.38. The van der Waals surface area contributed by atoms with Crippen LogP contribution in [0.2, 0.25) is 0 Å². The fourth-order valence-corrected chi connectivity index (χ4v) is 3.14. The Morgan fingerprint density at radius 1 is 1.17 bits per heavy atom. The number of carbonyl (C=O) groups excluding carboxylic acids is 1. The van der Waals surface area contributed by atoms with E-state index < -0.39 is 0 Å². The Labute approximate surface area is 141 Å². The summed E-state index contributed by atoms with van der Waals surface area (Å²) in [6.45, 7) is 4.14. The average Bonchev–Trinajstić information content (AvgIpc) is 3.45. The number of nitrogens with zero attached hydrogens (tertiary/aromatic N) is 1. The molecule has 1 unspecified atom stereocenters. The van der Waals surface area contributed by atoms with Crippen molar-refractivity contribution in [2.24, 2.45) is 0 Å². The molecule has 2 aromatic carbocycles. The van der Waals surface area contributed by atoms with Crippen LogP contribution >= 0.6 is 0 Å². The fraction of sp³-hybridized carbons (Fsp3) is 0.250. The zero-order valence-corrected chi connectivity index (χ0v) is 13.4. The molecule has 2 aliphatic rings. The summed E-state index contributed by atoms with van der Waals surface area (Å²) in [4.78, 5) is 14.9. The van der Waals surface area contributed by atoms with Crippen molar-refractivity contribution in [2.45, 2.75) is 25.0 Å². The molecule has 24 heavy (non-hydrogen) atoms. The molecule has 1 atom stereocenters. The number of hydrogen-bond donors (Lipinski definition) is 1. The first-order chi connectivity index (χ1) is 11.8. The highest BCUT2D eigenvalue weighted by atomic mass is 16.5. The zero-order chi connectivity index (χ0) is 16.5. The van der Waals surface area contributed by atoms with Crippen LogP contribution in [0.1, 0.15) is 34.9 Å². The van der Waals surface area contributed by atoms with Crippen molar-refractivity contribution in [3.63, 3.8) is 0 Å². The van der Waals surface area contributed by atoms with Crippen LogP contribution in [0, 0.1) is 0 Å². The van der Waals surface area contributed by atoms with E-state index in [4.69, 9.17) is 4.74 Å². The number of fused-ring (bicyclic) bond motifs is 1. The van der Waals surface area contributed by atoms with Gasteiger partial charge >= 0.3 is 0 Å². The van der Waals surface area contributed by atoms with Gasteiger partial charge in [-0.15, -0.1) is 0 Å². The van der Waals surface area contributed by atoms with Crippen molar-refractivity contribution in [1.82, 2.24) is 4.90 Å². The Morgan fingerprint density at radius 3 is 2.62 bits per heavy atom. The molecular formula is C20H20N2O2. The number of para-hydroxylation sites is 1. The van der Waals surface area contributed by atoms with Gasteiger partial charge in [0.15, 0.2) is 0 Å². The Balaban J connectivity index is 1.65. The number of rotatable bonds is 5. The highest BCUT2D eigenvalue weighted by molar-refractivity contribution is 6.02. The van der Waals surface area contributed by atoms with Gasteiger partial charge in [-0.25, -0.2) is 0 Å². The van der Waals surface area contributed by atoms with E-state index in [1.165, 1.54) is 0 Å². The Morgan fingerprint density at radius 2 is 1.92 bits per heavy atom. The van der Waals surface area contributed by atoms with Crippen LogP contribution in [0.3, 0.4) is 0 Å². The minimum absolute atomic E-state index is 0.115. The van der Waals surface area contributed by atoms with E-state index in [0.717, 1.165) is 35.4 Å². The number of ether oxygens (including phenoxy) is 1. The number of amides is 1. The molecule has 1 amide bonds. The summed E-state index contributed by atoms with van der Waals surface area (Å²) in [5.41, 5.74) is 2.72. The van der Waals surface area contributed by atoms with Gasteiger partial charge in [0.25, 0.3) is 5.91 Å². The molecule has 4 nitrogen and oxygen atoms in total. The first-order valence-electron chi connectivity index (χ1n) is 8.30. The maximum absolute atomic E-state index is 12.9. The van der Waals surface area contributed by atoms with Crippen LogP contribution in [0.15, 0.2) is 61.2 Å². The van der Waals surface area contributed by atoms with Gasteiger partial charge in [0.2, 0.25) is 0 Å². The van der Waals surface area contributed by atoms with Crippen LogP contribution in [0.4, 0.5) is 5.69 Å². The molecule has 0 bridgehead atoms. The van der Waals surface area contributed by atoms with Gasteiger partial charge < -0.3 is 15.0 Å². The molecule has 0 saturated heterocycles. The van der Waals surface area contributed by atoms with Gasteiger partial charge in [0.05, 0.1) is 5.56 Å². The fourth-order valence-electron chi connectivity index (χ4n) is 3.14. The highest BCUT2D eigenvalue weighted by Gasteiger charge is 2.41. The maximum atomic E-state index is 12.9. The Kier molecular flexibility index (Phi) is 3.73. The van der Waals surface area contributed by atoms with Gasteiger partial charge in [-0.05, 0) is 42.7 Å². The van der Waals surface area contributed by atoms with Crippen LogP contribution in [0.25, 0.3) is 0 Å². The van der Waals surface area contributed by atoms with Crippen LogP contribution in [-0.2, 0) is 0 Å². The predicted octanol–water partition coefficient (Wildman–Crippen LogP) is 3.98. The minimum atomic E-state index is -0.131. The molecule has 0 spiro atoms. The van der Waals surface area contributed by atoms with Crippen molar-refractivity contribution in [3.8, 4) is 5.75 Å². The smallest absolute Gasteiger partial charge is 0.258 e. The molecule has 2 aromatic rings. The lowest BCUT2D eigenvalue weighted by atomic mass is 10.0. The molecule has 0 aromatic heterocycles. The highest BCUT2D eigenvalue weighted by Crippen LogP contribution is 2.40. The van der Waals surface area contributed by atoms with Crippen molar-refractivity contribution in [2.75, 3.05) is 11.9 Å². The molecular weight excluding hydrogens is 300 g/mol. The van der Waals surface area contributed by atoms with Gasteiger partial charge in [-0.1, -0.05) is 36.9 Å². The lowest BCUT2D eigenvalue weighted by molar-refractivity contribution is 0.0666. The van der Waals surface area contributed by atoms with E-state index in [1.807, 2.05) is 53.4 Å². The molecule has 1 heterocycles. The van der Waals surface area contributed by atoms with E-state index in [0.29, 0.717) is 12.6 Å². The number of anilines is 1. The molecule has 0 radical (unpaired) electrons. The normalized spacial score (nSPS) is 19.4. The topological polar surface area (TPSA) is 41.6 Å². The third kappa shape index (κ3) is 2.64. The SMILES string of the molecule is C=CCOc1ccc(C2Nc3ccccc3C(=O)N2C2CC2)cc1. The van der Waals surface area contributed by atoms with Gasteiger partial charge in [-0.2, -0.15) is 0 Å². The molecule has 4 heteroatoms. The predicted molar refractivity (Wildman–Crippen MR) is 94.1 cm³/mol. The standard InChI is InChI=1S/C20H20N2O2/c1-2-13-24-16-11-7-14(8-12-16)19-21-18-6-4-3-5-17(18)20(23)22(19)15-9-10-15/h2-8,11-12,15,19,21H,1,9-10,13H2. The third-order valence-corrected chi connectivity index (χ3v) is 4.47. The number of nitrogens with one attached hydrogen (secondary N) is 1. The number of benzene rings is 2. The van der Waals surface area contributed by atoms with E-state index in [1.54, 1.807) is 6.08 Å². The summed E-state index contributed by atoms with van der Waals surface area (Å²) in [5, 5.41) is 3.53. The molecule has 1 fully saturated rings. The van der Waals surface area contributed by atoms with Gasteiger partial charge in [0.1, 0.15) is 18.5 Å². The largest absolute Gasteiger partial charge is 0.490 e. The molecule has 1 saturated carbocycles. The summed E-state index contributed by atoms with van der Waals surface area (Å²) < 4.78 is 5.54. The van der Waals surface area contributed by atoms with Crippen molar-refractivity contribution in [1.29, 1.82) is 0 Å². The van der Waals surface area contributed by atoms with Crippen molar-refractivity contribution >= 4 is 11.6 Å². The summed E-state index contributed by atoms with van der Waals surface area (Å²) in [5.74, 6) is 0.919. The number of hydrogen-bond acceptors (Lipinski definition) is 3. The number of carbonyl (C=O) groups is 1. The second-order valence-corrected chi connectivity index (χ2v) is 6.20. The van der Waals surface area contributed by atoms with Crippen molar-refractivity contribution < 1.29 is 9.53 Å². The summed E-state index contributed by atoms with van der Waals surface area (Å²) >= 11 is 0. The maximum Gasteiger partial charge on any atom is 0.258 e. The molecule has 122 valence electrons. The first-order valence-corrected chi connectivity index (χ1v) is 8.30. The van der Waals surface area contributed by atoms with Crippen LogP contribution < -0.4 is 10.1 Å². The van der Waals surface area contributed by atoms with E-state index in [2.05, 4.69) is 11.9 Å². The molecule has 1 aliphatic heterocycles. The van der Waals surface area contributed by atoms with E-state index in [-0.39, 0.29) is 12.1 Å². The van der Waals surface area contributed by atoms with E-state index >= 15 is 0 Å². The summed E-state index contributed by atoms with van der Waals surface area (Å²) in [7, 11) is 0. The first kappa shape index (κ1) is 14.8. The van der Waals surface area contributed by atoms with Crippen molar-refractivity contribution in [3.05, 3.63) is 72.3 Å². The monoisotopic (exact) mass is 320 g/mol. The molecule has 1 N–H and O–H groups in total. The quantitative estimate of drug-likeness (QED) is 0.847. The Hall–Kier alpha value is -2.75. The summed E-state index contributed by atoms with van der Waals surface area (Å²) in [6.07, 6.45) is 3.74. The lowest BCUT2D eigenvalue weighted by Crippen LogP contribution is -2.44. The van der Waals surface area contributed by atoms with Crippen LogP contribution in [0.5, 0.6) is 5.75 Å². The minimum Gasteiger partial charge on any atom is -0.490 e. The van der Waals surface area contributed by atoms with Gasteiger partial charge in [0, 0.05) is 11.7 Å². The third-order valence-electron chi connectivity index (χ3n) is 4.47. The average molecular weight is 320 g/mol. The van der Waals surface area contributed by atoms with Gasteiger partial charge in [-0.3, -0.25) is 4.79 Å². The molecule has 4 rings (SSSR count). The summed E-state index contributed by atoms with van der Waals surface area (Å²) in [6, 6.07) is 16.0. The van der Waals surface area contributed by atoms with Crippen LogP contribution in [-0.4, -0.2) is 23.5 Å². The zero-order valence-electron chi connectivity index (χ0n) is 13.4. The van der Waals surface area contributed by atoms with E-state index in [9.17, 15) is 4.79 Å².